The fourth-order valence-corrected chi connectivity index (χ4v) is 3.93. The molecule has 0 saturated heterocycles. The number of ketones is 1. The van der Waals surface area contributed by atoms with E-state index in [1.54, 1.807) is 24.3 Å². The van der Waals surface area contributed by atoms with Crippen LogP contribution in [0.1, 0.15) is 28.1 Å². The molecule has 0 aliphatic heterocycles. The van der Waals surface area contributed by atoms with Gasteiger partial charge in [0.25, 0.3) is 0 Å². The maximum absolute atomic E-state index is 12.1. The van der Waals surface area contributed by atoms with Gasteiger partial charge >= 0.3 is 0 Å². The van der Waals surface area contributed by atoms with Gasteiger partial charge in [-0.2, -0.15) is 0 Å². The van der Waals surface area contributed by atoms with Crippen LogP contribution >= 0.6 is 11.3 Å². The number of carbonyl (C=O) groups is 2. The van der Waals surface area contributed by atoms with Crippen LogP contribution in [-0.2, 0) is 26.1 Å². The second-order valence-corrected chi connectivity index (χ2v) is 8.43. The van der Waals surface area contributed by atoms with E-state index in [0.29, 0.717) is 11.5 Å². The lowest BCUT2D eigenvalue weighted by molar-refractivity contribution is -0.121. The molecule has 2 N–H and O–H groups in total. The third-order valence-electron chi connectivity index (χ3n) is 3.70. The van der Waals surface area contributed by atoms with Crippen molar-refractivity contribution in [3.63, 3.8) is 0 Å². The third kappa shape index (κ3) is 6.87. The summed E-state index contributed by atoms with van der Waals surface area (Å²) in [6, 6.07) is 9.79. The molecule has 1 aromatic heterocycles. The molecule has 2 aromatic rings. The van der Waals surface area contributed by atoms with Crippen molar-refractivity contribution in [1.82, 2.24) is 10.0 Å². The lowest BCUT2D eigenvalue weighted by Crippen LogP contribution is -2.27. The van der Waals surface area contributed by atoms with Gasteiger partial charge in [-0.1, -0.05) is 18.2 Å². The summed E-state index contributed by atoms with van der Waals surface area (Å²) < 4.78 is 31.4. The first-order valence-electron chi connectivity index (χ1n) is 8.33. The van der Waals surface area contributed by atoms with Crippen molar-refractivity contribution >= 4 is 33.1 Å². The van der Waals surface area contributed by atoms with Gasteiger partial charge in [-0.3, -0.25) is 9.59 Å². The number of ether oxygens (including phenoxy) is 1. The standard InChI is InChI=1S/C18H22N2O5S2/c1-25-11-10-20-27(23,24)15-6-4-14(5-7-15)13-19-18(22)9-8-16(21)17-3-2-12-26-17/h2-7,12,20H,8-11,13H2,1H3,(H,19,22). The van der Waals surface area contributed by atoms with Gasteiger partial charge in [0.1, 0.15) is 0 Å². The molecule has 0 spiro atoms. The van der Waals surface area contributed by atoms with Gasteiger partial charge < -0.3 is 10.1 Å². The first-order chi connectivity index (χ1) is 12.9. The highest BCUT2D eigenvalue weighted by atomic mass is 32.2. The molecule has 1 heterocycles. The number of methoxy groups -OCH3 is 1. The minimum absolute atomic E-state index is 0.0457. The first-order valence-corrected chi connectivity index (χ1v) is 10.7. The molecule has 146 valence electrons. The predicted octanol–water partition coefficient (Wildman–Crippen LogP) is 1.95. The minimum Gasteiger partial charge on any atom is -0.383 e. The van der Waals surface area contributed by atoms with E-state index in [1.807, 2.05) is 5.38 Å². The Morgan fingerprint density at radius 3 is 2.48 bits per heavy atom. The van der Waals surface area contributed by atoms with Crippen LogP contribution in [0.2, 0.25) is 0 Å². The van der Waals surface area contributed by atoms with Crippen LogP contribution in [-0.4, -0.2) is 40.4 Å². The van der Waals surface area contributed by atoms with E-state index in [4.69, 9.17) is 4.74 Å². The van der Waals surface area contributed by atoms with E-state index < -0.39 is 10.0 Å². The molecule has 0 unspecified atom stereocenters. The number of hydrogen-bond acceptors (Lipinski definition) is 6. The van der Waals surface area contributed by atoms with Crippen molar-refractivity contribution in [3.8, 4) is 0 Å². The Morgan fingerprint density at radius 2 is 1.85 bits per heavy atom. The van der Waals surface area contributed by atoms with Gasteiger partial charge in [0.05, 0.1) is 16.4 Å². The predicted molar refractivity (Wildman–Crippen MR) is 103 cm³/mol. The summed E-state index contributed by atoms with van der Waals surface area (Å²) in [7, 11) is -2.08. The fourth-order valence-electron chi connectivity index (χ4n) is 2.22. The number of nitrogens with one attached hydrogen (secondary N) is 2. The summed E-state index contributed by atoms with van der Waals surface area (Å²) in [4.78, 5) is 24.6. The SMILES string of the molecule is COCCNS(=O)(=O)c1ccc(CNC(=O)CCC(=O)c2cccs2)cc1. The van der Waals surface area contributed by atoms with Crippen molar-refractivity contribution < 1.29 is 22.7 Å². The molecule has 27 heavy (non-hydrogen) atoms. The van der Waals surface area contributed by atoms with Crippen molar-refractivity contribution in [3.05, 3.63) is 52.2 Å². The van der Waals surface area contributed by atoms with E-state index >= 15 is 0 Å². The molecule has 7 nitrogen and oxygen atoms in total. The molecule has 0 fully saturated rings. The second-order valence-electron chi connectivity index (χ2n) is 5.71. The quantitative estimate of drug-likeness (QED) is 0.436. The number of thiophene rings is 1. The van der Waals surface area contributed by atoms with E-state index in [0.717, 1.165) is 5.56 Å². The van der Waals surface area contributed by atoms with Crippen LogP contribution in [0.15, 0.2) is 46.7 Å². The average molecular weight is 411 g/mol. The Kier molecular flexibility index (Phi) is 8.11. The monoisotopic (exact) mass is 410 g/mol. The zero-order valence-electron chi connectivity index (χ0n) is 14.9. The smallest absolute Gasteiger partial charge is 0.240 e. The molecule has 0 aliphatic carbocycles. The number of Topliss-reactive ketones (excluding diaryl/α,β-unsaturated/α-hetero) is 1. The Balaban J connectivity index is 1.79. The number of hydrogen-bond donors (Lipinski definition) is 2. The van der Waals surface area contributed by atoms with Gasteiger partial charge in [-0.15, -0.1) is 11.3 Å². The summed E-state index contributed by atoms with van der Waals surface area (Å²) in [5, 5.41) is 4.55. The highest BCUT2D eigenvalue weighted by molar-refractivity contribution is 7.89. The van der Waals surface area contributed by atoms with Crippen molar-refractivity contribution in [2.24, 2.45) is 0 Å². The average Bonchev–Trinajstić information content (AvgIpc) is 3.20. The summed E-state index contributed by atoms with van der Waals surface area (Å²) in [6.07, 6.45) is 0.281. The number of benzene rings is 1. The van der Waals surface area contributed by atoms with Crippen molar-refractivity contribution in [2.75, 3.05) is 20.3 Å². The van der Waals surface area contributed by atoms with Gasteiger partial charge in [-0.25, -0.2) is 13.1 Å². The molecule has 0 bridgehead atoms. The highest BCUT2D eigenvalue weighted by Gasteiger charge is 2.13. The van der Waals surface area contributed by atoms with Crippen LogP contribution in [0.5, 0.6) is 0 Å². The molecule has 1 amide bonds. The maximum Gasteiger partial charge on any atom is 0.240 e. The topological polar surface area (TPSA) is 102 Å². The van der Waals surface area contributed by atoms with Crippen LogP contribution in [0.25, 0.3) is 0 Å². The van der Waals surface area contributed by atoms with E-state index in [9.17, 15) is 18.0 Å². The molecule has 0 saturated carbocycles. The Morgan fingerprint density at radius 1 is 1.11 bits per heavy atom. The zero-order chi connectivity index (χ0) is 19.7. The third-order valence-corrected chi connectivity index (χ3v) is 6.08. The fraction of sp³-hybridized carbons (Fsp3) is 0.333. The van der Waals surface area contributed by atoms with Gasteiger partial charge in [0.2, 0.25) is 15.9 Å². The normalized spacial score (nSPS) is 11.3. The number of rotatable bonds is 11. The van der Waals surface area contributed by atoms with Crippen LogP contribution in [0.3, 0.4) is 0 Å². The molecular weight excluding hydrogens is 388 g/mol. The van der Waals surface area contributed by atoms with Crippen LogP contribution in [0.4, 0.5) is 0 Å². The van der Waals surface area contributed by atoms with Crippen LogP contribution in [0, 0.1) is 0 Å². The first kappa shape index (κ1) is 21.2. The minimum atomic E-state index is -3.57. The van der Waals surface area contributed by atoms with Gasteiger partial charge in [0.15, 0.2) is 5.78 Å². The van der Waals surface area contributed by atoms with E-state index in [2.05, 4.69) is 10.0 Å². The Hall–Kier alpha value is -2.07. The lowest BCUT2D eigenvalue weighted by atomic mass is 10.2. The lowest BCUT2D eigenvalue weighted by Gasteiger charge is -2.08. The summed E-state index contributed by atoms with van der Waals surface area (Å²) in [5.74, 6) is -0.270. The molecule has 2 rings (SSSR count). The van der Waals surface area contributed by atoms with Gasteiger partial charge in [0, 0.05) is 33.0 Å². The Labute approximate surface area is 162 Å². The number of sulfonamides is 1. The molecule has 0 atom stereocenters. The summed E-state index contributed by atoms with van der Waals surface area (Å²) in [5.41, 5.74) is 0.767. The van der Waals surface area contributed by atoms with Crippen LogP contribution < -0.4 is 10.0 Å². The second kappa shape index (κ2) is 10.3. The van der Waals surface area contributed by atoms with E-state index in [1.165, 1.54) is 30.6 Å². The highest BCUT2D eigenvalue weighted by Crippen LogP contribution is 2.13. The number of carbonyl (C=O) groups excluding carboxylic acids is 2. The molecule has 1 aromatic carbocycles. The largest absolute Gasteiger partial charge is 0.383 e. The van der Waals surface area contributed by atoms with E-state index in [-0.39, 0.29) is 42.5 Å². The van der Waals surface area contributed by atoms with Crippen molar-refractivity contribution in [2.45, 2.75) is 24.3 Å². The Bertz CT molecular complexity index is 846. The number of amides is 1. The van der Waals surface area contributed by atoms with Gasteiger partial charge in [-0.05, 0) is 29.1 Å². The summed E-state index contributed by atoms with van der Waals surface area (Å²) in [6.45, 7) is 0.753. The van der Waals surface area contributed by atoms with Crippen molar-refractivity contribution in [1.29, 1.82) is 0 Å². The molecular formula is C18H22N2O5S2. The molecule has 0 radical (unpaired) electrons. The summed E-state index contributed by atoms with van der Waals surface area (Å²) >= 11 is 1.36. The molecule has 0 aliphatic rings. The maximum atomic E-state index is 12.1. The zero-order valence-corrected chi connectivity index (χ0v) is 16.6. The molecule has 9 heteroatoms.